The van der Waals surface area contributed by atoms with Crippen LogP contribution in [0.3, 0.4) is 0 Å². The van der Waals surface area contributed by atoms with Crippen LogP contribution < -0.4 is 5.32 Å². The van der Waals surface area contributed by atoms with Crippen molar-refractivity contribution in [2.45, 2.75) is 32.7 Å². The molecule has 19 heavy (non-hydrogen) atoms. The molecule has 106 valence electrons. The lowest BCUT2D eigenvalue weighted by Gasteiger charge is -2.09. The van der Waals surface area contributed by atoms with E-state index in [4.69, 9.17) is 4.74 Å². The highest BCUT2D eigenvalue weighted by molar-refractivity contribution is 7.13. The predicted octanol–water partition coefficient (Wildman–Crippen LogP) is 1.61. The first-order valence-electron chi connectivity index (χ1n) is 6.01. The summed E-state index contributed by atoms with van der Waals surface area (Å²) >= 11 is 1.39. The Morgan fingerprint density at radius 2 is 2.26 bits per heavy atom. The molecule has 1 heterocycles. The molecule has 0 radical (unpaired) electrons. The van der Waals surface area contributed by atoms with Gasteiger partial charge in [0.05, 0.1) is 25.8 Å². The average Bonchev–Trinajstić information content (AvgIpc) is 2.83. The fourth-order valence-electron chi connectivity index (χ4n) is 1.37. The lowest BCUT2D eigenvalue weighted by Crippen LogP contribution is -2.27. The van der Waals surface area contributed by atoms with Crippen molar-refractivity contribution >= 4 is 28.4 Å². The van der Waals surface area contributed by atoms with Crippen LogP contribution >= 0.6 is 11.3 Å². The van der Waals surface area contributed by atoms with Crippen LogP contribution in [0.25, 0.3) is 0 Å². The van der Waals surface area contributed by atoms with Crippen molar-refractivity contribution in [3.05, 3.63) is 11.1 Å². The van der Waals surface area contributed by atoms with Crippen molar-refractivity contribution in [1.29, 1.82) is 0 Å². The number of esters is 2. The van der Waals surface area contributed by atoms with E-state index >= 15 is 0 Å². The Balaban J connectivity index is 2.44. The summed E-state index contributed by atoms with van der Waals surface area (Å²) in [7, 11) is 1.34. The Labute approximate surface area is 116 Å². The maximum atomic E-state index is 11.2. The Bertz CT molecular complexity index is 433. The molecule has 6 nitrogen and oxygen atoms in total. The Morgan fingerprint density at radius 3 is 2.89 bits per heavy atom. The number of carbonyl (C=O) groups is 2. The van der Waals surface area contributed by atoms with Gasteiger partial charge in [-0.25, -0.2) is 9.78 Å². The van der Waals surface area contributed by atoms with Gasteiger partial charge in [-0.3, -0.25) is 4.79 Å². The standard InChI is InChI=1S/C12H18N2O4S/c1-4-18-10(15)6-5-9-7-19-12(14-9)13-8(2)11(16)17-3/h7-8H,4-6H2,1-3H3,(H,13,14). The van der Waals surface area contributed by atoms with Crippen molar-refractivity contribution in [2.75, 3.05) is 19.0 Å². The van der Waals surface area contributed by atoms with Crippen LogP contribution in [-0.4, -0.2) is 36.7 Å². The number of nitrogens with one attached hydrogen (secondary N) is 1. The van der Waals surface area contributed by atoms with Gasteiger partial charge in [0, 0.05) is 11.8 Å². The van der Waals surface area contributed by atoms with E-state index in [1.165, 1.54) is 18.4 Å². The first-order chi connectivity index (χ1) is 9.06. The summed E-state index contributed by atoms with van der Waals surface area (Å²) < 4.78 is 9.45. The maximum Gasteiger partial charge on any atom is 0.328 e. The summed E-state index contributed by atoms with van der Waals surface area (Å²) in [5, 5.41) is 5.43. The molecule has 0 aliphatic heterocycles. The van der Waals surface area contributed by atoms with E-state index in [1.807, 2.05) is 5.38 Å². The van der Waals surface area contributed by atoms with Crippen LogP contribution in [-0.2, 0) is 25.5 Å². The molecule has 0 fully saturated rings. The zero-order chi connectivity index (χ0) is 14.3. The van der Waals surface area contributed by atoms with Crippen LogP contribution in [0.4, 0.5) is 5.13 Å². The molecule has 0 saturated carbocycles. The third-order valence-electron chi connectivity index (χ3n) is 2.34. The fourth-order valence-corrected chi connectivity index (χ4v) is 2.21. The second-order valence-corrected chi connectivity index (χ2v) is 4.70. The highest BCUT2D eigenvalue weighted by atomic mass is 32.1. The van der Waals surface area contributed by atoms with Gasteiger partial charge < -0.3 is 14.8 Å². The average molecular weight is 286 g/mol. The number of rotatable bonds is 7. The van der Waals surface area contributed by atoms with Crippen LogP contribution in [0, 0.1) is 0 Å². The van der Waals surface area contributed by atoms with Crippen molar-refractivity contribution in [2.24, 2.45) is 0 Å². The third-order valence-corrected chi connectivity index (χ3v) is 3.16. The molecule has 1 aromatic rings. The summed E-state index contributed by atoms with van der Waals surface area (Å²) in [6, 6.07) is -0.450. The highest BCUT2D eigenvalue weighted by Gasteiger charge is 2.14. The smallest absolute Gasteiger partial charge is 0.328 e. The number of aromatic nitrogens is 1. The van der Waals surface area contributed by atoms with Crippen LogP contribution in [0.5, 0.6) is 0 Å². The molecule has 0 aromatic carbocycles. The lowest BCUT2D eigenvalue weighted by atomic mass is 10.2. The molecule has 1 unspecified atom stereocenters. The molecule has 1 rings (SSSR count). The molecule has 0 aliphatic rings. The number of nitrogens with zero attached hydrogens (tertiary/aromatic N) is 1. The van der Waals surface area contributed by atoms with Gasteiger partial charge in [0.1, 0.15) is 6.04 Å². The normalized spacial score (nSPS) is 11.7. The molecule has 1 atom stereocenters. The van der Waals surface area contributed by atoms with E-state index in [0.717, 1.165) is 5.69 Å². The summed E-state index contributed by atoms with van der Waals surface area (Å²) in [5.41, 5.74) is 0.803. The van der Waals surface area contributed by atoms with Gasteiger partial charge >= 0.3 is 11.9 Å². The number of carbonyl (C=O) groups excluding carboxylic acids is 2. The van der Waals surface area contributed by atoms with Crippen LogP contribution in [0.2, 0.25) is 0 Å². The quantitative estimate of drug-likeness (QED) is 0.767. The summed E-state index contributed by atoms with van der Waals surface area (Å²) in [4.78, 5) is 26.7. The van der Waals surface area contributed by atoms with Crippen LogP contribution in [0.15, 0.2) is 5.38 Å². The van der Waals surface area contributed by atoms with Gasteiger partial charge in [-0.1, -0.05) is 0 Å². The number of methoxy groups -OCH3 is 1. The molecule has 0 bridgehead atoms. The van der Waals surface area contributed by atoms with Gasteiger partial charge in [0.2, 0.25) is 0 Å². The molecule has 0 amide bonds. The number of ether oxygens (including phenoxy) is 2. The lowest BCUT2D eigenvalue weighted by molar-refractivity contribution is -0.143. The number of hydrogen-bond donors (Lipinski definition) is 1. The molecular weight excluding hydrogens is 268 g/mol. The Hall–Kier alpha value is -1.63. The highest BCUT2D eigenvalue weighted by Crippen LogP contribution is 2.17. The van der Waals surface area contributed by atoms with Crippen molar-refractivity contribution in [3.8, 4) is 0 Å². The molecule has 0 saturated heterocycles. The number of thiazole rings is 1. The van der Waals surface area contributed by atoms with Gasteiger partial charge in [-0.15, -0.1) is 11.3 Å². The zero-order valence-corrected chi connectivity index (χ0v) is 12.1. The first kappa shape index (κ1) is 15.4. The topological polar surface area (TPSA) is 77.5 Å². The SMILES string of the molecule is CCOC(=O)CCc1csc(NC(C)C(=O)OC)n1. The predicted molar refractivity (Wildman–Crippen MR) is 72.2 cm³/mol. The summed E-state index contributed by atoms with van der Waals surface area (Å²) in [5.74, 6) is -0.573. The van der Waals surface area contributed by atoms with E-state index < -0.39 is 6.04 Å². The number of anilines is 1. The maximum absolute atomic E-state index is 11.2. The zero-order valence-electron chi connectivity index (χ0n) is 11.3. The van der Waals surface area contributed by atoms with Crippen molar-refractivity contribution in [3.63, 3.8) is 0 Å². The van der Waals surface area contributed by atoms with Gasteiger partial charge in [0.25, 0.3) is 0 Å². The van der Waals surface area contributed by atoms with E-state index in [1.54, 1.807) is 13.8 Å². The summed E-state index contributed by atoms with van der Waals surface area (Å²) in [6.07, 6.45) is 0.840. The third kappa shape index (κ3) is 5.25. The second kappa shape index (κ2) is 7.73. The van der Waals surface area contributed by atoms with Crippen molar-refractivity contribution < 1.29 is 19.1 Å². The number of hydrogen-bond acceptors (Lipinski definition) is 7. The van der Waals surface area contributed by atoms with Gasteiger partial charge in [-0.2, -0.15) is 0 Å². The largest absolute Gasteiger partial charge is 0.467 e. The Kier molecular flexibility index (Phi) is 6.27. The Morgan fingerprint density at radius 1 is 1.53 bits per heavy atom. The monoisotopic (exact) mass is 286 g/mol. The molecular formula is C12H18N2O4S. The molecule has 0 spiro atoms. The molecule has 0 aliphatic carbocycles. The summed E-state index contributed by atoms with van der Waals surface area (Å²) in [6.45, 7) is 3.86. The second-order valence-electron chi connectivity index (χ2n) is 3.84. The van der Waals surface area contributed by atoms with E-state index in [2.05, 4.69) is 15.0 Å². The van der Waals surface area contributed by atoms with E-state index in [-0.39, 0.29) is 11.9 Å². The molecule has 7 heteroatoms. The fraction of sp³-hybridized carbons (Fsp3) is 0.583. The minimum Gasteiger partial charge on any atom is -0.467 e. The van der Waals surface area contributed by atoms with Gasteiger partial charge in [0.15, 0.2) is 5.13 Å². The minimum absolute atomic E-state index is 0.229. The first-order valence-corrected chi connectivity index (χ1v) is 6.89. The van der Waals surface area contributed by atoms with Gasteiger partial charge in [-0.05, 0) is 13.8 Å². The molecule has 1 N–H and O–H groups in total. The number of aryl methyl sites for hydroxylation is 1. The van der Waals surface area contributed by atoms with E-state index in [0.29, 0.717) is 24.6 Å². The molecule has 1 aromatic heterocycles. The van der Waals surface area contributed by atoms with E-state index in [9.17, 15) is 9.59 Å². The van der Waals surface area contributed by atoms with Crippen molar-refractivity contribution in [1.82, 2.24) is 4.98 Å². The van der Waals surface area contributed by atoms with Crippen LogP contribution in [0.1, 0.15) is 26.0 Å². The minimum atomic E-state index is -0.450.